The number of anilines is 1. The third-order valence-electron chi connectivity index (χ3n) is 2.83. The smallest absolute Gasteiger partial charge is 0.339 e. The minimum atomic E-state index is -0.497. The van der Waals surface area contributed by atoms with Crippen molar-refractivity contribution in [3.63, 3.8) is 0 Å². The first-order valence-corrected chi connectivity index (χ1v) is 6.75. The first-order valence-electron chi connectivity index (χ1n) is 5.94. The van der Waals surface area contributed by atoms with E-state index in [1.165, 1.54) is 0 Å². The lowest BCUT2D eigenvalue weighted by molar-refractivity contribution is -0.117. The van der Waals surface area contributed by atoms with Gasteiger partial charge in [-0.3, -0.25) is 4.79 Å². The van der Waals surface area contributed by atoms with Gasteiger partial charge < -0.3 is 9.64 Å². The second-order valence-corrected chi connectivity index (χ2v) is 5.21. The molecule has 1 amide bonds. The summed E-state index contributed by atoms with van der Waals surface area (Å²) in [4.78, 5) is 25.1. The van der Waals surface area contributed by atoms with Crippen molar-refractivity contribution < 1.29 is 14.3 Å². The topological polar surface area (TPSA) is 46.6 Å². The second-order valence-electron chi connectivity index (χ2n) is 4.19. The van der Waals surface area contributed by atoms with Gasteiger partial charge in [0.2, 0.25) is 5.91 Å². The monoisotopic (exact) mass is 301 g/mol. The van der Waals surface area contributed by atoms with Crippen LogP contribution in [0.2, 0.25) is 5.02 Å². The number of hydrogen-bond acceptors (Lipinski definition) is 3. The van der Waals surface area contributed by atoms with E-state index in [1.807, 2.05) is 0 Å². The molecule has 1 fully saturated rings. The summed E-state index contributed by atoms with van der Waals surface area (Å²) in [5.41, 5.74) is 0.868. The molecule has 0 bridgehead atoms. The largest absolute Gasteiger partial charge is 0.462 e. The van der Waals surface area contributed by atoms with E-state index >= 15 is 0 Å². The number of esters is 1. The summed E-state index contributed by atoms with van der Waals surface area (Å²) in [6.07, 6.45) is 0.304. The summed E-state index contributed by atoms with van der Waals surface area (Å²) in [7, 11) is 0. The number of ether oxygens (including phenoxy) is 1. The maximum absolute atomic E-state index is 11.8. The third kappa shape index (κ3) is 3.01. The quantitative estimate of drug-likeness (QED) is 0.637. The number of amides is 1. The summed E-state index contributed by atoms with van der Waals surface area (Å²) in [6, 6.07) is 4.84. The zero-order valence-electron chi connectivity index (χ0n) is 10.4. The molecule has 0 aromatic heterocycles. The van der Waals surface area contributed by atoms with Gasteiger partial charge in [-0.2, -0.15) is 0 Å². The van der Waals surface area contributed by atoms with E-state index in [-0.39, 0.29) is 23.5 Å². The zero-order chi connectivity index (χ0) is 14.0. The van der Waals surface area contributed by atoms with Crippen molar-refractivity contribution in [3.05, 3.63) is 28.8 Å². The molecule has 1 heterocycles. The molecular weight excluding hydrogens is 289 g/mol. The predicted molar refractivity (Wildman–Crippen MR) is 74.0 cm³/mol. The van der Waals surface area contributed by atoms with Gasteiger partial charge in [0.15, 0.2) is 0 Å². The summed E-state index contributed by atoms with van der Waals surface area (Å²) in [6.45, 7) is 2.42. The highest BCUT2D eigenvalue weighted by molar-refractivity contribution is 6.33. The molecule has 1 saturated heterocycles. The average molecular weight is 302 g/mol. The molecule has 0 saturated carbocycles. The van der Waals surface area contributed by atoms with Gasteiger partial charge in [0.05, 0.1) is 22.6 Å². The van der Waals surface area contributed by atoms with Gasteiger partial charge in [-0.05, 0) is 25.1 Å². The number of alkyl halides is 1. The summed E-state index contributed by atoms with van der Waals surface area (Å²) >= 11 is 11.9. The van der Waals surface area contributed by atoms with Gasteiger partial charge in [0.25, 0.3) is 0 Å². The molecule has 0 aliphatic carbocycles. The van der Waals surface area contributed by atoms with E-state index in [4.69, 9.17) is 27.9 Å². The number of benzene rings is 1. The Balaban J connectivity index is 2.31. The molecule has 6 heteroatoms. The fourth-order valence-electron chi connectivity index (χ4n) is 1.96. The molecule has 0 spiro atoms. The van der Waals surface area contributed by atoms with Gasteiger partial charge in [-0.15, -0.1) is 11.6 Å². The number of rotatable bonds is 3. The maximum atomic E-state index is 11.8. The van der Waals surface area contributed by atoms with Crippen molar-refractivity contribution >= 4 is 40.8 Å². The number of nitrogens with zero attached hydrogens (tertiary/aromatic N) is 1. The number of hydrogen-bond donors (Lipinski definition) is 0. The van der Waals surface area contributed by atoms with Crippen LogP contribution in [0, 0.1) is 0 Å². The first-order chi connectivity index (χ1) is 9.02. The molecule has 1 aromatic carbocycles. The fraction of sp³-hybridized carbons (Fsp3) is 0.385. The Hall–Kier alpha value is -1.26. The van der Waals surface area contributed by atoms with Crippen LogP contribution in [-0.2, 0) is 9.53 Å². The highest BCUT2D eigenvalue weighted by Crippen LogP contribution is 2.28. The Morgan fingerprint density at radius 2 is 2.26 bits per heavy atom. The van der Waals surface area contributed by atoms with E-state index < -0.39 is 5.97 Å². The van der Waals surface area contributed by atoms with E-state index in [1.54, 1.807) is 30.0 Å². The summed E-state index contributed by atoms with van der Waals surface area (Å²) in [5.74, 6) is -0.555. The van der Waals surface area contributed by atoms with Crippen LogP contribution in [-0.4, -0.2) is 30.4 Å². The van der Waals surface area contributed by atoms with Crippen molar-refractivity contribution in [1.82, 2.24) is 0 Å². The summed E-state index contributed by atoms with van der Waals surface area (Å²) in [5, 5.41) is 0.102. The van der Waals surface area contributed by atoms with E-state index in [2.05, 4.69) is 0 Å². The average Bonchev–Trinajstić information content (AvgIpc) is 2.69. The SMILES string of the molecule is CCOC(=O)c1cc(N2CC(Cl)CC2=O)ccc1Cl. The van der Waals surface area contributed by atoms with Crippen molar-refractivity contribution in [2.24, 2.45) is 0 Å². The van der Waals surface area contributed by atoms with Crippen molar-refractivity contribution in [3.8, 4) is 0 Å². The number of carbonyl (C=O) groups excluding carboxylic acids is 2. The minimum Gasteiger partial charge on any atom is -0.462 e. The Bertz CT molecular complexity index is 519. The first kappa shape index (κ1) is 14.2. The fourth-order valence-corrected chi connectivity index (χ4v) is 2.42. The Kier molecular flexibility index (Phi) is 4.32. The van der Waals surface area contributed by atoms with Crippen molar-refractivity contribution in [2.75, 3.05) is 18.1 Å². The van der Waals surface area contributed by atoms with Crippen LogP contribution in [0.5, 0.6) is 0 Å². The molecule has 1 unspecified atom stereocenters. The molecule has 19 heavy (non-hydrogen) atoms. The normalized spacial score (nSPS) is 18.8. The Morgan fingerprint density at radius 3 is 2.84 bits per heavy atom. The number of carbonyl (C=O) groups is 2. The lowest BCUT2D eigenvalue weighted by atomic mass is 10.2. The van der Waals surface area contributed by atoms with E-state index in [0.29, 0.717) is 23.7 Å². The molecule has 1 aromatic rings. The molecule has 2 rings (SSSR count). The summed E-state index contributed by atoms with van der Waals surface area (Å²) < 4.78 is 4.92. The molecular formula is C13H13Cl2NO3. The van der Waals surface area contributed by atoms with Gasteiger partial charge >= 0.3 is 5.97 Å². The van der Waals surface area contributed by atoms with Gasteiger partial charge in [-0.25, -0.2) is 4.79 Å². The van der Waals surface area contributed by atoms with Gasteiger partial charge in [0, 0.05) is 18.7 Å². The van der Waals surface area contributed by atoms with Crippen LogP contribution in [0.25, 0.3) is 0 Å². The molecule has 1 aliphatic rings. The Labute approximate surface area is 121 Å². The molecule has 0 N–H and O–H groups in total. The molecule has 102 valence electrons. The van der Waals surface area contributed by atoms with Crippen LogP contribution in [0.3, 0.4) is 0 Å². The lowest BCUT2D eigenvalue weighted by Crippen LogP contribution is -2.24. The zero-order valence-corrected chi connectivity index (χ0v) is 11.9. The van der Waals surface area contributed by atoms with Crippen LogP contribution < -0.4 is 4.90 Å². The minimum absolute atomic E-state index is 0.0582. The highest BCUT2D eigenvalue weighted by atomic mass is 35.5. The van der Waals surface area contributed by atoms with Crippen LogP contribution in [0.1, 0.15) is 23.7 Å². The number of halogens is 2. The van der Waals surface area contributed by atoms with Gasteiger partial charge in [-0.1, -0.05) is 11.6 Å². The maximum Gasteiger partial charge on any atom is 0.339 e. The van der Waals surface area contributed by atoms with Crippen LogP contribution in [0.4, 0.5) is 5.69 Å². The lowest BCUT2D eigenvalue weighted by Gasteiger charge is -2.17. The van der Waals surface area contributed by atoms with Crippen molar-refractivity contribution in [1.29, 1.82) is 0 Å². The van der Waals surface area contributed by atoms with Crippen LogP contribution in [0.15, 0.2) is 18.2 Å². The second kappa shape index (κ2) is 5.80. The van der Waals surface area contributed by atoms with E-state index in [0.717, 1.165) is 0 Å². The Morgan fingerprint density at radius 1 is 1.53 bits per heavy atom. The molecule has 1 atom stereocenters. The molecule has 4 nitrogen and oxygen atoms in total. The third-order valence-corrected chi connectivity index (χ3v) is 3.46. The highest BCUT2D eigenvalue weighted by Gasteiger charge is 2.29. The standard InChI is InChI=1S/C13H13Cl2NO3/c1-2-19-13(18)10-6-9(3-4-11(10)15)16-7-8(14)5-12(16)17/h3-4,6,8H,2,5,7H2,1H3. The molecule has 1 aliphatic heterocycles. The van der Waals surface area contributed by atoms with Crippen LogP contribution >= 0.6 is 23.2 Å². The van der Waals surface area contributed by atoms with Gasteiger partial charge in [0.1, 0.15) is 0 Å². The van der Waals surface area contributed by atoms with Crippen molar-refractivity contribution in [2.45, 2.75) is 18.7 Å². The molecule has 0 radical (unpaired) electrons. The predicted octanol–water partition coefficient (Wildman–Crippen LogP) is 2.86. The van der Waals surface area contributed by atoms with E-state index in [9.17, 15) is 9.59 Å².